The molecule has 1 aliphatic carbocycles. The molecule has 2 aromatic carbocycles. The van der Waals surface area contributed by atoms with Gasteiger partial charge in [0.25, 0.3) is 0 Å². The Labute approximate surface area is 121 Å². The fourth-order valence-electron chi connectivity index (χ4n) is 2.70. The predicted molar refractivity (Wildman–Crippen MR) is 77.2 cm³/mol. The zero-order valence-electron chi connectivity index (χ0n) is 11.0. The van der Waals surface area contributed by atoms with Crippen molar-refractivity contribution in [3.8, 4) is 0 Å². The second-order valence-electron chi connectivity index (χ2n) is 5.13. The Hall–Kier alpha value is -1.61. The van der Waals surface area contributed by atoms with Crippen LogP contribution in [0.4, 0.5) is 14.5 Å². The summed E-state index contributed by atoms with van der Waals surface area (Å²) in [5, 5.41) is 3.69. The van der Waals surface area contributed by atoms with Crippen LogP contribution in [0.25, 0.3) is 0 Å². The van der Waals surface area contributed by atoms with Crippen molar-refractivity contribution in [2.24, 2.45) is 0 Å². The highest BCUT2D eigenvalue weighted by molar-refractivity contribution is 6.30. The van der Waals surface area contributed by atoms with Crippen LogP contribution in [0, 0.1) is 18.6 Å². The number of hydrogen-bond donors (Lipinski definition) is 1. The van der Waals surface area contributed by atoms with E-state index < -0.39 is 11.6 Å². The standard InChI is InChI=1S/C16H14ClF2N/c1-9-2-6-13(18)16(15(9)19)20-14-7-3-10-8-11(17)4-5-12(10)14/h2,4-6,8,14,20H,3,7H2,1H3. The summed E-state index contributed by atoms with van der Waals surface area (Å²) in [6.07, 6.45) is 1.67. The van der Waals surface area contributed by atoms with Gasteiger partial charge in [0.05, 0.1) is 6.04 Å². The third kappa shape index (κ3) is 2.27. The molecule has 1 unspecified atom stereocenters. The average molecular weight is 294 g/mol. The number of anilines is 1. The van der Waals surface area contributed by atoms with Crippen molar-refractivity contribution in [3.05, 3.63) is 63.7 Å². The number of halogens is 3. The van der Waals surface area contributed by atoms with Gasteiger partial charge in [-0.3, -0.25) is 0 Å². The molecular weight excluding hydrogens is 280 g/mol. The molecule has 0 amide bonds. The van der Waals surface area contributed by atoms with Gasteiger partial charge in [0.1, 0.15) is 11.5 Å². The first-order chi connectivity index (χ1) is 9.56. The van der Waals surface area contributed by atoms with Gasteiger partial charge in [-0.1, -0.05) is 23.7 Å². The second-order valence-corrected chi connectivity index (χ2v) is 5.57. The SMILES string of the molecule is Cc1ccc(F)c(NC2CCc3cc(Cl)ccc32)c1F. The van der Waals surface area contributed by atoms with Gasteiger partial charge in [-0.05, 0) is 54.7 Å². The summed E-state index contributed by atoms with van der Waals surface area (Å²) in [4.78, 5) is 0. The fourth-order valence-corrected chi connectivity index (χ4v) is 2.89. The van der Waals surface area contributed by atoms with Crippen LogP contribution in [0.3, 0.4) is 0 Å². The average Bonchev–Trinajstić information content (AvgIpc) is 2.81. The van der Waals surface area contributed by atoms with E-state index >= 15 is 0 Å². The summed E-state index contributed by atoms with van der Waals surface area (Å²) in [5.41, 5.74) is 2.60. The summed E-state index contributed by atoms with van der Waals surface area (Å²) >= 11 is 5.96. The Kier molecular flexibility index (Phi) is 3.38. The van der Waals surface area contributed by atoms with E-state index in [1.54, 1.807) is 6.92 Å². The Balaban J connectivity index is 1.93. The summed E-state index contributed by atoms with van der Waals surface area (Å²) < 4.78 is 27.8. The number of benzene rings is 2. The Bertz CT molecular complexity index is 670. The molecule has 2 aromatic rings. The van der Waals surface area contributed by atoms with Gasteiger partial charge >= 0.3 is 0 Å². The highest BCUT2D eigenvalue weighted by Crippen LogP contribution is 2.36. The molecular formula is C16H14ClF2N. The minimum absolute atomic E-state index is 0.0437. The molecule has 1 nitrogen and oxygen atoms in total. The molecule has 20 heavy (non-hydrogen) atoms. The van der Waals surface area contributed by atoms with E-state index in [1.165, 1.54) is 12.1 Å². The lowest BCUT2D eigenvalue weighted by molar-refractivity contribution is 0.576. The van der Waals surface area contributed by atoms with Crippen LogP contribution < -0.4 is 5.32 Å². The smallest absolute Gasteiger partial charge is 0.152 e. The van der Waals surface area contributed by atoms with Crippen LogP contribution in [0.15, 0.2) is 30.3 Å². The van der Waals surface area contributed by atoms with E-state index in [2.05, 4.69) is 5.32 Å². The molecule has 0 radical (unpaired) electrons. The van der Waals surface area contributed by atoms with Crippen molar-refractivity contribution in [2.45, 2.75) is 25.8 Å². The number of aryl methyl sites for hydroxylation is 2. The number of hydrogen-bond acceptors (Lipinski definition) is 1. The number of fused-ring (bicyclic) bond motifs is 1. The first kappa shape index (κ1) is 13.4. The number of rotatable bonds is 2. The Morgan fingerprint density at radius 1 is 1.20 bits per heavy atom. The van der Waals surface area contributed by atoms with Crippen molar-refractivity contribution in [3.63, 3.8) is 0 Å². The second kappa shape index (κ2) is 5.06. The molecule has 0 aromatic heterocycles. The predicted octanol–water partition coefficient (Wildman–Crippen LogP) is 5.03. The zero-order chi connectivity index (χ0) is 14.3. The lowest BCUT2D eigenvalue weighted by Gasteiger charge is -2.17. The maximum Gasteiger partial charge on any atom is 0.152 e. The highest BCUT2D eigenvalue weighted by atomic mass is 35.5. The third-order valence-corrected chi connectivity index (χ3v) is 4.02. The van der Waals surface area contributed by atoms with Crippen LogP contribution >= 0.6 is 11.6 Å². The van der Waals surface area contributed by atoms with Crippen LogP contribution in [0.5, 0.6) is 0 Å². The van der Waals surface area contributed by atoms with Gasteiger partial charge in [0.15, 0.2) is 5.82 Å². The Morgan fingerprint density at radius 3 is 2.80 bits per heavy atom. The van der Waals surface area contributed by atoms with Gasteiger partial charge in [0, 0.05) is 5.02 Å². The molecule has 1 aliphatic rings. The van der Waals surface area contributed by atoms with Gasteiger partial charge in [-0.25, -0.2) is 8.78 Å². The van der Waals surface area contributed by atoms with E-state index in [0.29, 0.717) is 10.6 Å². The van der Waals surface area contributed by atoms with Crippen LogP contribution in [-0.2, 0) is 6.42 Å². The summed E-state index contributed by atoms with van der Waals surface area (Å²) in [7, 11) is 0. The van der Waals surface area contributed by atoms with Crippen molar-refractivity contribution < 1.29 is 8.78 Å². The minimum atomic E-state index is -0.560. The van der Waals surface area contributed by atoms with Gasteiger partial charge in [0.2, 0.25) is 0 Å². The molecule has 104 valence electrons. The summed E-state index contributed by atoms with van der Waals surface area (Å²) in [6, 6.07) is 8.31. The molecule has 1 N–H and O–H groups in total. The maximum absolute atomic E-state index is 14.0. The maximum atomic E-state index is 14.0. The molecule has 0 spiro atoms. The Morgan fingerprint density at radius 2 is 2.00 bits per heavy atom. The van der Waals surface area contributed by atoms with E-state index in [0.717, 1.165) is 24.0 Å². The summed E-state index contributed by atoms with van der Waals surface area (Å²) in [6.45, 7) is 1.63. The molecule has 0 fully saturated rings. The van der Waals surface area contributed by atoms with Gasteiger partial charge < -0.3 is 5.32 Å². The topological polar surface area (TPSA) is 12.0 Å². The highest BCUT2D eigenvalue weighted by Gasteiger charge is 2.24. The van der Waals surface area contributed by atoms with Crippen LogP contribution in [0.2, 0.25) is 5.02 Å². The monoisotopic (exact) mass is 293 g/mol. The lowest BCUT2D eigenvalue weighted by atomic mass is 10.1. The van der Waals surface area contributed by atoms with E-state index in [4.69, 9.17) is 11.6 Å². The van der Waals surface area contributed by atoms with Gasteiger partial charge in [-0.2, -0.15) is 0 Å². The molecule has 0 saturated carbocycles. The van der Waals surface area contributed by atoms with Crippen molar-refractivity contribution >= 4 is 17.3 Å². The first-order valence-electron chi connectivity index (χ1n) is 6.55. The van der Waals surface area contributed by atoms with Crippen molar-refractivity contribution in [2.75, 3.05) is 5.32 Å². The minimum Gasteiger partial charge on any atom is -0.373 e. The molecule has 0 heterocycles. The van der Waals surface area contributed by atoms with E-state index in [1.807, 2.05) is 18.2 Å². The normalized spacial score (nSPS) is 17.1. The van der Waals surface area contributed by atoms with Crippen molar-refractivity contribution in [1.29, 1.82) is 0 Å². The van der Waals surface area contributed by atoms with Crippen LogP contribution in [-0.4, -0.2) is 0 Å². The molecule has 1 atom stereocenters. The molecule has 0 bridgehead atoms. The zero-order valence-corrected chi connectivity index (χ0v) is 11.8. The molecule has 3 rings (SSSR count). The van der Waals surface area contributed by atoms with E-state index in [9.17, 15) is 8.78 Å². The molecule has 0 aliphatic heterocycles. The fraction of sp³-hybridized carbons (Fsp3) is 0.250. The van der Waals surface area contributed by atoms with Crippen molar-refractivity contribution in [1.82, 2.24) is 0 Å². The van der Waals surface area contributed by atoms with Crippen LogP contribution in [0.1, 0.15) is 29.2 Å². The largest absolute Gasteiger partial charge is 0.373 e. The first-order valence-corrected chi connectivity index (χ1v) is 6.93. The molecule has 4 heteroatoms. The third-order valence-electron chi connectivity index (χ3n) is 3.79. The quantitative estimate of drug-likeness (QED) is 0.819. The lowest BCUT2D eigenvalue weighted by Crippen LogP contribution is -2.10. The summed E-state index contributed by atoms with van der Waals surface area (Å²) in [5.74, 6) is -1.08. The molecule has 0 saturated heterocycles. The van der Waals surface area contributed by atoms with Gasteiger partial charge in [-0.15, -0.1) is 0 Å². The number of nitrogens with one attached hydrogen (secondary N) is 1. The van der Waals surface area contributed by atoms with E-state index in [-0.39, 0.29) is 11.7 Å².